The lowest BCUT2D eigenvalue weighted by molar-refractivity contribution is 0.0836. The van der Waals surface area contributed by atoms with Gasteiger partial charge < -0.3 is 14.3 Å². The second-order valence-corrected chi connectivity index (χ2v) is 4.59. The van der Waals surface area contributed by atoms with Crippen LogP contribution >= 0.6 is 0 Å². The number of aromatic nitrogens is 1. The van der Waals surface area contributed by atoms with Gasteiger partial charge in [-0.15, -0.1) is 0 Å². The summed E-state index contributed by atoms with van der Waals surface area (Å²) in [7, 11) is 0. The Balaban J connectivity index is 1.71. The summed E-state index contributed by atoms with van der Waals surface area (Å²) in [6.07, 6.45) is 6.46. The van der Waals surface area contributed by atoms with Gasteiger partial charge in [0.05, 0.1) is 12.7 Å². The Morgan fingerprint density at radius 3 is 2.85 bits per heavy atom. The van der Waals surface area contributed by atoms with Crippen molar-refractivity contribution >= 4 is 0 Å². The molecule has 2 rings (SSSR count). The molecule has 0 amide bonds. The van der Waals surface area contributed by atoms with Crippen LogP contribution in [0.4, 0.5) is 0 Å². The Morgan fingerprint density at radius 2 is 2.15 bits per heavy atom. The summed E-state index contributed by atoms with van der Waals surface area (Å²) in [4.78, 5) is 3.91. The molecule has 0 aliphatic heterocycles. The standard InChI is InChI=1S/C16H19NO3/c1-13(20-10-14-7-3-2-4-8-14)6-5-9-16(18)15-11-19-12-17-15/h2-8,11-13,16,18H,9-10H2,1H3/b6-5-/t13-,16+/m1/s1. The Kier molecular flexibility index (Phi) is 5.53. The average molecular weight is 273 g/mol. The van der Waals surface area contributed by atoms with Gasteiger partial charge in [0.2, 0.25) is 0 Å². The van der Waals surface area contributed by atoms with Crippen LogP contribution < -0.4 is 0 Å². The van der Waals surface area contributed by atoms with Crippen molar-refractivity contribution in [2.75, 3.05) is 0 Å². The second-order valence-electron chi connectivity index (χ2n) is 4.59. The fraction of sp³-hybridized carbons (Fsp3) is 0.312. The van der Waals surface area contributed by atoms with Gasteiger partial charge in [0.1, 0.15) is 18.1 Å². The number of aliphatic hydroxyl groups is 1. The maximum atomic E-state index is 9.82. The number of rotatable bonds is 7. The summed E-state index contributed by atoms with van der Waals surface area (Å²) in [5.74, 6) is 0. The van der Waals surface area contributed by atoms with E-state index in [-0.39, 0.29) is 6.10 Å². The molecular weight excluding hydrogens is 254 g/mol. The summed E-state index contributed by atoms with van der Waals surface area (Å²) < 4.78 is 10.5. The first-order valence-corrected chi connectivity index (χ1v) is 6.64. The van der Waals surface area contributed by atoms with Gasteiger partial charge in [-0.1, -0.05) is 42.5 Å². The number of ether oxygens (including phenoxy) is 1. The SMILES string of the molecule is C[C@H](/C=C\C[C@H](O)c1cocn1)OCc1ccccc1. The molecule has 0 fully saturated rings. The molecule has 0 aliphatic rings. The van der Waals surface area contributed by atoms with Gasteiger partial charge in [-0.3, -0.25) is 0 Å². The lowest BCUT2D eigenvalue weighted by atomic mass is 10.2. The third-order valence-electron chi connectivity index (χ3n) is 2.91. The topological polar surface area (TPSA) is 55.5 Å². The van der Waals surface area contributed by atoms with E-state index in [1.165, 1.54) is 12.7 Å². The molecule has 0 saturated carbocycles. The molecule has 0 spiro atoms. The number of aliphatic hydroxyl groups excluding tert-OH is 1. The van der Waals surface area contributed by atoms with E-state index in [0.29, 0.717) is 18.7 Å². The number of oxazole rings is 1. The van der Waals surface area contributed by atoms with Crippen molar-refractivity contribution in [3.8, 4) is 0 Å². The number of hydrogen-bond acceptors (Lipinski definition) is 4. The molecule has 20 heavy (non-hydrogen) atoms. The van der Waals surface area contributed by atoms with Crippen molar-refractivity contribution in [1.82, 2.24) is 4.98 Å². The van der Waals surface area contributed by atoms with Crippen LogP contribution in [0.25, 0.3) is 0 Å². The molecule has 0 aliphatic carbocycles. The van der Waals surface area contributed by atoms with Crippen molar-refractivity contribution in [1.29, 1.82) is 0 Å². The fourth-order valence-corrected chi connectivity index (χ4v) is 1.76. The van der Waals surface area contributed by atoms with Gasteiger partial charge in [0, 0.05) is 0 Å². The van der Waals surface area contributed by atoms with Crippen LogP contribution in [0, 0.1) is 0 Å². The lowest BCUT2D eigenvalue weighted by Gasteiger charge is -2.09. The molecule has 4 heteroatoms. The fourth-order valence-electron chi connectivity index (χ4n) is 1.76. The zero-order valence-corrected chi connectivity index (χ0v) is 11.5. The van der Waals surface area contributed by atoms with Gasteiger partial charge in [-0.25, -0.2) is 4.98 Å². The van der Waals surface area contributed by atoms with Crippen LogP contribution in [0.15, 0.2) is 59.6 Å². The third kappa shape index (κ3) is 4.64. The van der Waals surface area contributed by atoms with Crippen molar-refractivity contribution in [2.45, 2.75) is 32.2 Å². The average Bonchev–Trinajstić information content (AvgIpc) is 3.00. The summed E-state index contributed by atoms with van der Waals surface area (Å²) in [5.41, 5.74) is 1.70. The van der Waals surface area contributed by atoms with E-state index in [4.69, 9.17) is 9.15 Å². The number of benzene rings is 1. The van der Waals surface area contributed by atoms with Crippen LogP contribution in [0.5, 0.6) is 0 Å². The molecule has 0 saturated heterocycles. The molecule has 106 valence electrons. The second kappa shape index (κ2) is 7.62. The number of nitrogens with zero attached hydrogens (tertiary/aromatic N) is 1. The Labute approximate surface area is 118 Å². The molecule has 1 N–H and O–H groups in total. The minimum atomic E-state index is -0.633. The zero-order valence-electron chi connectivity index (χ0n) is 11.5. The normalized spacial score (nSPS) is 14.5. The van der Waals surface area contributed by atoms with Gasteiger partial charge in [-0.05, 0) is 18.9 Å². The van der Waals surface area contributed by atoms with Crippen molar-refractivity contribution < 1.29 is 14.3 Å². The zero-order chi connectivity index (χ0) is 14.2. The van der Waals surface area contributed by atoms with Gasteiger partial charge in [0.25, 0.3) is 0 Å². The first-order chi connectivity index (χ1) is 9.75. The highest BCUT2D eigenvalue weighted by Crippen LogP contribution is 2.14. The van der Waals surface area contributed by atoms with E-state index in [9.17, 15) is 5.11 Å². The quantitative estimate of drug-likeness (QED) is 0.787. The summed E-state index contributed by atoms with van der Waals surface area (Å²) in [6, 6.07) is 10.0. The highest BCUT2D eigenvalue weighted by Gasteiger charge is 2.08. The van der Waals surface area contributed by atoms with E-state index in [1.54, 1.807) is 0 Å². The minimum Gasteiger partial charge on any atom is -0.451 e. The monoisotopic (exact) mass is 273 g/mol. The molecule has 0 unspecified atom stereocenters. The molecule has 1 aromatic heterocycles. The van der Waals surface area contributed by atoms with E-state index in [2.05, 4.69) is 4.98 Å². The predicted molar refractivity (Wildman–Crippen MR) is 75.9 cm³/mol. The maximum absolute atomic E-state index is 9.82. The lowest BCUT2D eigenvalue weighted by Crippen LogP contribution is -2.04. The van der Waals surface area contributed by atoms with Gasteiger partial charge in [-0.2, -0.15) is 0 Å². The first kappa shape index (κ1) is 14.5. The van der Waals surface area contributed by atoms with Gasteiger partial charge in [0.15, 0.2) is 6.39 Å². The van der Waals surface area contributed by atoms with Crippen LogP contribution in [0.1, 0.15) is 30.7 Å². The highest BCUT2D eigenvalue weighted by atomic mass is 16.5. The van der Waals surface area contributed by atoms with E-state index < -0.39 is 6.10 Å². The largest absolute Gasteiger partial charge is 0.451 e. The number of hydrogen-bond donors (Lipinski definition) is 1. The predicted octanol–water partition coefficient (Wildman–Crippen LogP) is 3.26. The summed E-state index contributed by atoms with van der Waals surface area (Å²) in [5, 5.41) is 9.82. The molecule has 0 bridgehead atoms. The molecule has 2 aromatic rings. The molecule has 0 radical (unpaired) electrons. The van der Waals surface area contributed by atoms with Crippen molar-refractivity contribution in [3.05, 3.63) is 66.4 Å². The Morgan fingerprint density at radius 1 is 1.35 bits per heavy atom. The molecule has 1 aromatic carbocycles. The Hall–Kier alpha value is -1.91. The van der Waals surface area contributed by atoms with E-state index in [1.807, 2.05) is 49.4 Å². The van der Waals surface area contributed by atoms with Crippen LogP contribution in [0.2, 0.25) is 0 Å². The molecule has 1 heterocycles. The van der Waals surface area contributed by atoms with E-state index in [0.717, 1.165) is 5.56 Å². The van der Waals surface area contributed by atoms with E-state index >= 15 is 0 Å². The van der Waals surface area contributed by atoms with Crippen LogP contribution in [-0.4, -0.2) is 16.2 Å². The van der Waals surface area contributed by atoms with Crippen molar-refractivity contribution in [2.24, 2.45) is 0 Å². The highest BCUT2D eigenvalue weighted by molar-refractivity contribution is 5.13. The van der Waals surface area contributed by atoms with Crippen LogP contribution in [0.3, 0.4) is 0 Å². The third-order valence-corrected chi connectivity index (χ3v) is 2.91. The molecule has 4 nitrogen and oxygen atoms in total. The first-order valence-electron chi connectivity index (χ1n) is 6.64. The summed E-state index contributed by atoms with van der Waals surface area (Å²) >= 11 is 0. The molecule has 2 atom stereocenters. The van der Waals surface area contributed by atoms with Crippen LogP contribution in [-0.2, 0) is 11.3 Å². The molecular formula is C16H19NO3. The minimum absolute atomic E-state index is 0.000264. The maximum Gasteiger partial charge on any atom is 0.180 e. The summed E-state index contributed by atoms with van der Waals surface area (Å²) in [6.45, 7) is 2.56. The van der Waals surface area contributed by atoms with Gasteiger partial charge >= 0.3 is 0 Å². The smallest absolute Gasteiger partial charge is 0.180 e. The Bertz CT molecular complexity index is 508. The van der Waals surface area contributed by atoms with Crippen molar-refractivity contribution in [3.63, 3.8) is 0 Å².